The number of benzene rings is 2. The van der Waals surface area contributed by atoms with E-state index in [1.807, 2.05) is 48.7 Å². The highest BCUT2D eigenvalue weighted by molar-refractivity contribution is 7.11. The Balaban J connectivity index is 1.70. The Bertz CT molecular complexity index is 1260. The molecule has 4 aromatic rings. The summed E-state index contributed by atoms with van der Waals surface area (Å²) in [6, 6.07) is 18.5. The highest BCUT2D eigenvalue weighted by atomic mass is 32.1. The fourth-order valence-corrected chi connectivity index (χ4v) is 3.77. The van der Waals surface area contributed by atoms with Gasteiger partial charge in [-0.05, 0) is 35.6 Å². The molecule has 0 bridgehead atoms. The number of nitrogens with one attached hydrogen (secondary N) is 1. The van der Waals surface area contributed by atoms with Crippen molar-refractivity contribution in [2.75, 3.05) is 0 Å². The average molecular weight is 402 g/mol. The molecule has 4 rings (SSSR count). The molecule has 0 fully saturated rings. The van der Waals surface area contributed by atoms with Crippen molar-refractivity contribution >= 4 is 34.2 Å². The molecule has 0 aliphatic rings. The zero-order chi connectivity index (χ0) is 20.2. The maximum Gasteiger partial charge on any atom is 0.292 e. The lowest BCUT2D eigenvalue weighted by molar-refractivity contribution is 0.0949. The number of aromatic nitrogens is 2. The zero-order valence-corrected chi connectivity index (χ0v) is 16.5. The van der Waals surface area contributed by atoms with Gasteiger partial charge in [-0.15, -0.1) is 11.3 Å². The van der Waals surface area contributed by atoms with E-state index in [2.05, 4.69) is 15.6 Å². The minimum absolute atomic E-state index is 0.163. The predicted octanol–water partition coefficient (Wildman–Crippen LogP) is 3.58. The van der Waals surface area contributed by atoms with Crippen molar-refractivity contribution in [2.45, 2.75) is 13.5 Å². The van der Waals surface area contributed by atoms with Crippen LogP contribution in [0.1, 0.15) is 26.5 Å². The van der Waals surface area contributed by atoms with E-state index in [0.29, 0.717) is 10.8 Å². The quantitative estimate of drug-likeness (QED) is 0.409. The van der Waals surface area contributed by atoms with Gasteiger partial charge in [-0.3, -0.25) is 9.59 Å². The second kappa shape index (κ2) is 8.20. The molecule has 0 atom stereocenters. The SMILES string of the molecule is Cc1ccsc1C=NNC(=O)c1nn(Cc2ccccc2)c(=O)c2ccccc12. The summed E-state index contributed by atoms with van der Waals surface area (Å²) in [5.41, 5.74) is 4.47. The summed E-state index contributed by atoms with van der Waals surface area (Å²) in [7, 11) is 0. The van der Waals surface area contributed by atoms with E-state index in [-0.39, 0.29) is 17.8 Å². The fourth-order valence-electron chi connectivity index (χ4n) is 2.99. The van der Waals surface area contributed by atoms with Gasteiger partial charge in [0.1, 0.15) is 0 Å². The van der Waals surface area contributed by atoms with Crippen LogP contribution >= 0.6 is 11.3 Å². The van der Waals surface area contributed by atoms with Crippen LogP contribution in [0.4, 0.5) is 0 Å². The Hall–Kier alpha value is -3.58. The highest BCUT2D eigenvalue weighted by Crippen LogP contribution is 2.15. The molecule has 1 N–H and O–H groups in total. The monoisotopic (exact) mass is 402 g/mol. The van der Waals surface area contributed by atoms with Crippen molar-refractivity contribution in [3.05, 3.63) is 98.1 Å². The van der Waals surface area contributed by atoms with Gasteiger partial charge in [0.15, 0.2) is 5.69 Å². The summed E-state index contributed by atoms with van der Waals surface area (Å²) in [4.78, 5) is 26.6. The van der Waals surface area contributed by atoms with Gasteiger partial charge in [0, 0.05) is 10.3 Å². The van der Waals surface area contributed by atoms with Crippen LogP contribution in [-0.2, 0) is 6.54 Å². The third kappa shape index (κ3) is 4.00. The fraction of sp³-hybridized carbons (Fsp3) is 0.0909. The van der Waals surface area contributed by atoms with E-state index in [4.69, 9.17) is 0 Å². The molecule has 0 spiro atoms. The molecule has 6 nitrogen and oxygen atoms in total. The average Bonchev–Trinajstić information content (AvgIpc) is 3.15. The first-order chi connectivity index (χ1) is 14.1. The van der Waals surface area contributed by atoms with Crippen molar-refractivity contribution < 1.29 is 4.79 Å². The summed E-state index contributed by atoms with van der Waals surface area (Å²) in [5, 5.41) is 11.3. The summed E-state index contributed by atoms with van der Waals surface area (Å²) < 4.78 is 1.32. The van der Waals surface area contributed by atoms with Crippen LogP contribution in [0.15, 0.2) is 75.9 Å². The number of hydrogen-bond donors (Lipinski definition) is 1. The Kier molecular flexibility index (Phi) is 5.31. The van der Waals surface area contributed by atoms with E-state index in [9.17, 15) is 9.59 Å². The van der Waals surface area contributed by atoms with Crippen molar-refractivity contribution in [1.82, 2.24) is 15.2 Å². The maximum absolute atomic E-state index is 12.9. The second-order valence-electron chi connectivity index (χ2n) is 6.51. The number of amides is 1. The van der Waals surface area contributed by atoms with Crippen LogP contribution in [0.25, 0.3) is 10.8 Å². The zero-order valence-electron chi connectivity index (χ0n) is 15.7. The molecule has 29 heavy (non-hydrogen) atoms. The predicted molar refractivity (Wildman–Crippen MR) is 116 cm³/mol. The van der Waals surface area contributed by atoms with Crippen LogP contribution in [0.3, 0.4) is 0 Å². The van der Waals surface area contributed by atoms with Gasteiger partial charge in [0.25, 0.3) is 11.5 Å². The molecular formula is C22H18N4O2S. The molecule has 2 aromatic carbocycles. The summed E-state index contributed by atoms with van der Waals surface area (Å²) in [5.74, 6) is -0.464. The van der Waals surface area contributed by atoms with E-state index in [1.54, 1.807) is 41.8 Å². The van der Waals surface area contributed by atoms with Crippen molar-refractivity contribution in [2.24, 2.45) is 5.10 Å². The third-order valence-corrected chi connectivity index (χ3v) is 5.46. The number of hydrazone groups is 1. The third-order valence-electron chi connectivity index (χ3n) is 4.51. The molecule has 0 saturated heterocycles. The first-order valence-electron chi connectivity index (χ1n) is 9.05. The van der Waals surface area contributed by atoms with Gasteiger partial charge in [0.2, 0.25) is 0 Å². The van der Waals surface area contributed by atoms with Gasteiger partial charge in [-0.2, -0.15) is 10.2 Å². The molecule has 0 aliphatic heterocycles. The summed E-state index contributed by atoms with van der Waals surface area (Å²) in [6.45, 7) is 2.26. The molecule has 7 heteroatoms. The largest absolute Gasteiger partial charge is 0.292 e. The Morgan fingerprint density at radius 1 is 1.10 bits per heavy atom. The molecule has 0 radical (unpaired) electrons. The number of nitrogens with zero attached hydrogens (tertiary/aromatic N) is 3. The smallest absolute Gasteiger partial charge is 0.267 e. The lowest BCUT2D eigenvalue weighted by Gasteiger charge is -2.10. The van der Waals surface area contributed by atoms with E-state index in [1.165, 1.54) is 4.68 Å². The minimum atomic E-state index is -0.464. The van der Waals surface area contributed by atoms with E-state index >= 15 is 0 Å². The number of thiophene rings is 1. The van der Waals surface area contributed by atoms with Gasteiger partial charge < -0.3 is 0 Å². The molecular weight excluding hydrogens is 384 g/mol. The standard InChI is InChI=1S/C22H18N4O2S/c1-15-11-12-29-19(15)13-23-24-21(27)20-17-9-5-6-10-18(17)22(28)26(25-20)14-16-7-3-2-4-8-16/h2-13H,14H2,1H3,(H,24,27). The second-order valence-corrected chi connectivity index (χ2v) is 7.46. The van der Waals surface area contributed by atoms with Crippen LogP contribution in [0, 0.1) is 6.92 Å². The van der Waals surface area contributed by atoms with Crippen LogP contribution in [-0.4, -0.2) is 21.9 Å². The number of hydrogen-bond acceptors (Lipinski definition) is 5. The molecule has 144 valence electrons. The number of rotatable bonds is 5. The van der Waals surface area contributed by atoms with E-state index in [0.717, 1.165) is 16.0 Å². The lowest BCUT2D eigenvalue weighted by atomic mass is 10.1. The number of carbonyl (C=O) groups is 1. The normalized spacial score (nSPS) is 11.2. The number of carbonyl (C=O) groups excluding carboxylic acids is 1. The molecule has 0 unspecified atom stereocenters. The summed E-state index contributed by atoms with van der Waals surface area (Å²) in [6.07, 6.45) is 1.61. The molecule has 2 heterocycles. The van der Waals surface area contributed by atoms with Crippen LogP contribution < -0.4 is 11.0 Å². The van der Waals surface area contributed by atoms with Gasteiger partial charge >= 0.3 is 0 Å². The van der Waals surface area contributed by atoms with Crippen LogP contribution in [0.5, 0.6) is 0 Å². The van der Waals surface area contributed by atoms with E-state index < -0.39 is 5.91 Å². The number of fused-ring (bicyclic) bond motifs is 1. The van der Waals surface area contributed by atoms with Crippen molar-refractivity contribution in [3.63, 3.8) is 0 Å². The lowest BCUT2D eigenvalue weighted by Crippen LogP contribution is -2.29. The maximum atomic E-state index is 12.9. The first-order valence-corrected chi connectivity index (χ1v) is 9.93. The molecule has 0 aliphatic carbocycles. The van der Waals surface area contributed by atoms with Crippen molar-refractivity contribution in [3.8, 4) is 0 Å². The minimum Gasteiger partial charge on any atom is -0.267 e. The van der Waals surface area contributed by atoms with Gasteiger partial charge in [-0.1, -0.05) is 48.5 Å². The molecule has 1 amide bonds. The summed E-state index contributed by atoms with van der Waals surface area (Å²) >= 11 is 1.54. The van der Waals surface area contributed by atoms with Crippen molar-refractivity contribution in [1.29, 1.82) is 0 Å². The topological polar surface area (TPSA) is 76.3 Å². The Labute approximate surface area is 171 Å². The first kappa shape index (κ1) is 18.8. The van der Waals surface area contributed by atoms with Gasteiger partial charge in [0.05, 0.1) is 18.1 Å². The van der Waals surface area contributed by atoms with Crippen LogP contribution in [0.2, 0.25) is 0 Å². The highest BCUT2D eigenvalue weighted by Gasteiger charge is 2.16. The number of aryl methyl sites for hydroxylation is 1. The molecule has 0 saturated carbocycles. The van der Waals surface area contributed by atoms with Gasteiger partial charge in [-0.25, -0.2) is 10.1 Å². The Morgan fingerprint density at radius 2 is 1.83 bits per heavy atom. The Morgan fingerprint density at radius 3 is 2.55 bits per heavy atom. The molecule has 2 aromatic heterocycles.